The highest BCUT2D eigenvalue weighted by atomic mass is 32.2. The lowest BCUT2D eigenvalue weighted by molar-refractivity contribution is -0.171. The molecule has 110 valence electrons. The van der Waals surface area contributed by atoms with Crippen molar-refractivity contribution >= 4 is 28.8 Å². The molecule has 0 spiro atoms. The SMILES string of the molecule is CC(=O)SC[C@@H](C)C(=O)O[C@@H](COC(C)C)C(=O)O. The van der Waals surface area contributed by atoms with Gasteiger partial charge in [0, 0.05) is 12.7 Å². The molecule has 0 aliphatic rings. The van der Waals surface area contributed by atoms with Gasteiger partial charge in [0.15, 0.2) is 5.12 Å². The van der Waals surface area contributed by atoms with E-state index in [9.17, 15) is 14.4 Å². The van der Waals surface area contributed by atoms with Crippen molar-refractivity contribution in [2.24, 2.45) is 5.92 Å². The molecule has 1 N–H and O–H groups in total. The Balaban J connectivity index is 4.29. The van der Waals surface area contributed by atoms with Gasteiger partial charge in [-0.3, -0.25) is 9.59 Å². The number of ether oxygens (including phenoxy) is 2. The summed E-state index contributed by atoms with van der Waals surface area (Å²) >= 11 is 1.00. The summed E-state index contributed by atoms with van der Waals surface area (Å²) in [6.45, 7) is 6.31. The highest BCUT2D eigenvalue weighted by Crippen LogP contribution is 2.12. The van der Waals surface area contributed by atoms with E-state index in [1.54, 1.807) is 20.8 Å². The van der Waals surface area contributed by atoms with E-state index >= 15 is 0 Å². The Morgan fingerprint density at radius 1 is 1.21 bits per heavy atom. The third-order valence-corrected chi connectivity index (χ3v) is 3.13. The zero-order chi connectivity index (χ0) is 15.0. The van der Waals surface area contributed by atoms with Gasteiger partial charge in [0.2, 0.25) is 6.10 Å². The van der Waals surface area contributed by atoms with Crippen LogP contribution < -0.4 is 0 Å². The second kappa shape index (κ2) is 8.92. The normalized spacial score (nSPS) is 13.9. The quantitative estimate of drug-likeness (QED) is 0.675. The number of esters is 1. The minimum absolute atomic E-state index is 0.0995. The number of carbonyl (C=O) groups is 3. The molecule has 6 nitrogen and oxygen atoms in total. The van der Waals surface area contributed by atoms with Gasteiger partial charge in [-0.1, -0.05) is 18.7 Å². The fourth-order valence-electron chi connectivity index (χ4n) is 1.00. The number of thioether (sulfide) groups is 1. The standard InChI is InChI=1S/C12H20O6S/c1-7(2)17-5-10(11(14)15)18-12(16)8(3)6-19-9(4)13/h7-8,10H,5-6H2,1-4H3,(H,14,15)/t8-,10+/m1/s1. The largest absolute Gasteiger partial charge is 0.478 e. The van der Waals surface area contributed by atoms with Gasteiger partial charge >= 0.3 is 11.9 Å². The molecule has 0 amide bonds. The minimum Gasteiger partial charge on any atom is -0.478 e. The predicted octanol–water partition coefficient (Wildman–Crippen LogP) is 1.32. The Kier molecular flexibility index (Phi) is 8.42. The van der Waals surface area contributed by atoms with Gasteiger partial charge in [0.25, 0.3) is 0 Å². The number of carboxylic acids is 1. The highest BCUT2D eigenvalue weighted by Gasteiger charge is 2.26. The number of rotatable bonds is 8. The van der Waals surface area contributed by atoms with Crippen LogP contribution in [0.3, 0.4) is 0 Å². The molecule has 0 fully saturated rings. The number of carbonyl (C=O) groups excluding carboxylic acids is 2. The molecule has 0 heterocycles. The van der Waals surface area contributed by atoms with E-state index in [0.29, 0.717) is 0 Å². The maximum atomic E-state index is 11.6. The number of hydrogen-bond donors (Lipinski definition) is 1. The lowest BCUT2D eigenvalue weighted by Crippen LogP contribution is -2.34. The van der Waals surface area contributed by atoms with E-state index in [-0.39, 0.29) is 23.6 Å². The molecular formula is C12H20O6S. The lowest BCUT2D eigenvalue weighted by Gasteiger charge is -2.17. The van der Waals surface area contributed by atoms with Crippen molar-refractivity contribution in [1.29, 1.82) is 0 Å². The molecular weight excluding hydrogens is 272 g/mol. The Morgan fingerprint density at radius 2 is 1.79 bits per heavy atom. The molecule has 0 aliphatic heterocycles. The summed E-state index contributed by atoms with van der Waals surface area (Å²) < 4.78 is 10.00. The Hall–Kier alpha value is -1.08. The van der Waals surface area contributed by atoms with E-state index < -0.39 is 24.0 Å². The van der Waals surface area contributed by atoms with E-state index in [1.165, 1.54) is 6.92 Å². The molecule has 0 unspecified atom stereocenters. The molecule has 19 heavy (non-hydrogen) atoms. The van der Waals surface area contributed by atoms with Crippen molar-refractivity contribution in [3.63, 3.8) is 0 Å². The summed E-state index contributed by atoms with van der Waals surface area (Å²) in [4.78, 5) is 33.3. The van der Waals surface area contributed by atoms with Crippen LogP contribution in [0.4, 0.5) is 0 Å². The van der Waals surface area contributed by atoms with Crippen LogP contribution in [0.5, 0.6) is 0 Å². The number of carboxylic acid groups (broad SMARTS) is 1. The number of hydrogen-bond acceptors (Lipinski definition) is 6. The molecule has 0 saturated heterocycles. The molecule has 2 atom stereocenters. The van der Waals surface area contributed by atoms with E-state index in [1.807, 2.05) is 0 Å². The van der Waals surface area contributed by atoms with Gasteiger partial charge in [0.1, 0.15) is 0 Å². The van der Waals surface area contributed by atoms with Gasteiger partial charge in [-0.15, -0.1) is 0 Å². The molecule has 0 radical (unpaired) electrons. The van der Waals surface area contributed by atoms with Crippen LogP contribution in [-0.4, -0.2) is 46.7 Å². The van der Waals surface area contributed by atoms with Crippen LogP contribution in [0.2, 0.25) is 0 Å². The molecule has 7 heteroatoms. The Labute approximate surface area is 116 Å². The highest BCUT2D eigenvalue weighted by molar-refractivity contribution is 8.13. The molecule has 0 saturated carbocycles. The van der Waals surface area contributed by atoms with Crippen molar-refractivity contribution in [2.75, 3.05) is 12.4 Å². The fourth-order valence-corrected chi connectivity index (χ4v) is 1.62. The van der Waals surface area contributed by atoms with Crippen LogP contribution in [0.1, 0.15) is 27.7 Å². The molecule has 0 aliphatic carbocycles. The minimum atomic E-state index is -1.32. The second-order valence-electron chi connectivity index (χ2n) is 4.35. The van der Waals surface area contributed by atoms with Crippen LogP contribution in [-0.2, 0) is 23.9 Å². The molecule has 0 aromatic heterocycles. The van der Waals surface area contributed by atoms with Crippen molar-refractivity contribution in [3.8, 4) is 0 Å². The summed E-state index contributed by atoms with van der Waals surface area (Å²) in [7, 11) is 0. The fraction of sp³-hybridized carbons (Fsp3) is 0.750. The maximum Gasteiger partial charge on any atom is 0.347 e. The first-order chi connectivity index (χ1) is 8.73. The summed E-state index contributed by atoms with van der Waals surface area (Å²) in [5.41, 5.74) is 0. The monoisotopic (exact) mass is 292 g/mol. The smallest absolute Gasteiger partial charge is 0.347 e. The molecule has 0 rings (SSSR count). The zero-order valence-electron chi connectivity index (χ0n) is 11.5. The topological polar surface area (TPSA) is 89.9 Å². The lowest BCUT2D eigenvalue weighted by atomic mass is 10.2. The Bertz CT molecular complexity index is 328. The summed E-state index contributed by atoms with van der Waals surface area (Å²) in [6, 6.07) is 0. The molecule has 0 aromatic carbocycles. The van der Waals surface area contributed by atoms with Crippen molar-refractivity contribution in [1.82, 2.24) is 0 Å². The van der Waals surface area contributed by atoms with Crippen LogP contribution in [0.15, 0.2) is 0 Å². The van der Waals surface area contributed by atoms with Crippen molar-refractivity contribution < 1.29 is 29.0 Å². The molecule has 0 bridgehead atoms. The third kappa shape index (κ3) is 8.61. The van der Waals surface area contributed by atoms with Gasteiger partial charge in [-0.2, -0.15) is 0 Å². The average Bonchev–Trinajstić information content (AvgIpc) is 2.30. The Morgan fingerprint density at radius 3 is 2.21 bits per heavy atom. The zero-order valence-corrected chi connectivity index (χ0v) is 12.4. The van der Waals surface area contributed by atoms with Gasteiger partial charge < -0.3 is 14.6 Å². The van der Waals surface area contributed by atoms with E-state index in [4.69, 9.17) is 14.6 Å². The van der Waals surface area contributed by atoms with Crippen LogP contribution in [0, 0.1) is 5.92 Å². The first-order valence-corrected chi connectivity index (χ1v) is 6.90. The van der Waals surface area contributed by atoms with E-state index in [0.717, 1.165) is 11.8 Å². The van der Waals surface area contributed by atoms with E-state index in [2.05, 4.69) is 0 Å². The predicted molar refractivity (Wildman–Crippen MR) is 70.9 cm³/mol. The third-order valence-electron chi connectivity index (χ3n) is 2.05. The van der Waals surface area contributed by atoms with Gasteiger partial charge in [0.05, 0.1) is 18.6 Å². The maximum absolute atomic E-state index is 11.6. The summed E-state index contributed by atoms with van der Waals surface area (Å²) in [5.74, 6) is -2.17. The van der Waals surface area contributed by atoms with Crippen LogP contribution in [0.25, 0.3) is 0 Å². The van der Waals surface area contributed by atoms with Crippen LogP contribution >= 0.6 is 11.8 Å². The summed E-state index contributed by atoms with van der Waals surface area (Å²) in [6.07, 6.45) is -1.47. The van der Waals surface area contributed by atoms with Gasteiger partial charge in [-0.25, -0.2) is 4.79 Å². The first-order valence-electron chi connectivity index (χ1n) is 5.92. The average molecular weight is 292 g/mol. The second-order valence-corrected chi connectivity index (χ2v) is 5.55. The van der Waals surface area contributed by atoms with Gasteiger partial charge in [-0.05, 0) is 13.8 Å². The summed E-state index contributed by atoms with van der Waals surface area (Å²) in [5, 5.41) is 8.82. The molecule has 0 aromatic rings. The van der Waals surface area contributed by atoms with Crippen molar-refractivity contribution in [2.45, 2.75) is 39.9 Å². The number of aliphatic carboxylic acids is 1. The first kappa shape index (κ1) is 17.9. The van der Waals surface area contributed by atoms with Crippen molar-refractivity contribution in [3.05, 3.63) is 0 Å².